The van der Waals surface area contributed by atoms with Gasteiger partial charge in [0.1, 0.15) is 0 Å². The molecule has 7 nitrogen and oxygen atoms in total. The second-order valence-electron chi connectivity index (χ2n) is 6.23. The van der Waals surface area contributed by atoms with Crippen molar-refractivity contribution in [2.75, 3.05) is 24.2 Å². The van der Waals surface area contributed by atoms with E-state index in [1.54, 1.807) is 31.9 Å². The number of carbonyl (C=O) groups excluding carboxylic acids is 2. The zero-order chi connectivity index (χ0) is 18.6. The molecule has 1 aromatic heterocycles. The van der Waals surface area contributed by atoms with E-state index in [2.05, 4.69) is 15.8 Å². The molecule has 0 radical (unpaired) electrons. The lowest BCUT2D eigenvalue weighted by Gasteiger charge is -2.23. The van der Waals surface area contributed by atoms with E-state index in [4.69, 9.17) is 4.52 Å². The quantitative estimate of drug-likeness (QED) is 0.841. The SMILES string of the molecule is Cc1cc(NC(=O)C(C)N(C)CC(=O)Nc2c(C)cccc2C)on1. The van der Waals surface area contributed by atoms with Crippen molar-refractivity contribution in [3.8, 4) is 0 Å². The van der Waals surface area contributed by atoms with Crippen LogP contribution in [0.5, 0.6) is 0 Å². The zero-order valence-corrected chi connectivity index (χ0v) is 15.2. The van der Waals surface area contributed by atoms with Crippen LogP contribution in [0.15, 0.2) is 28.8 Å². The fourth-order valence-electron chi connectivity index (χ4n) is 2.40. The third-order valence-electron chi connectivity index (χ3n) is 4.05. The lowest BCUT2D eigenvalue weighted by Crippen LogP contribution is -2.43. The van der Waals surface area contributed by atoms with Gasteiger partial charge in [0.05, 0.1) is 18.3 Å². The highest BCUT2D eigenvalue weighted by molar-refractivity contribution is 5.96. The van der Waals surface area contributed by atoms with Gasteiger partial charge in [-0.15, -0.1) is 0 Å². The van der Waals surface area contributed by atoms with Crippen molar-refractivity contribution < 1.29 is 14.1 Å². The Morgan fingerprint density at radius 1 is 1.20 bits per heavy atom. The van der Waals surface area contributed by atoms with Crippen molar-refractivity contribution in [1.82, 2.24) is 10.1 Å². The Balaban J connectivity index is 1.92. The summed E-state index contributed by atoms with van der Waals surface area (Å²) in [6.07, 6.45) is 0. The van der Waals surface area contributed by atoms with Crippen LogP contribution in [-0.4, -0.2) is 41.5 Å². The molecule has 134 valence electrons. The van der Waals surface area contributed by atoms with Gasteiger partial charge < -0.3 is 9.84 Å². The predicted molar refractivity (Wildman–Crippen MR) is 96.5 cm³/mol. The Morgan fingerprint density at radius 3 is 2.40 bits per heavy atom. The molecule has 0 bridgehead atoms. The first-order valence-corrected chi connectivity index (χ1v) is 8.08. The average molecular weight is 344 g/mol. The van der Waals surface area contributed by atoms with Gasteiger partial charge in [0, 0.05) is 11.8 Å². The first-order chi connectivity index (χ1) is 11.8. The number of hydrogen-bond acceptors (Lipinski definition) is 5. The molecule has 0 aliphatic carbocycles. The monoisotopic (exact) mass is 344 g/mol. The van der Waals surface area contributed by atoms with Crippen LogP contribution in [0.1, 0.15) is 23.7 Å². The van der Waals surface area contributed by atoms with Crippen LogP contribution in [0, 0.1) is 20.8 Å². The number of rotatable bonds is 6. The second-order valence-corrected chi connectivity index (χ2v) is 6.23. The molecule has 2 rings (SSSR count). The van der Waals surface area contributed by atoms with E-state index < -0.39 is 6.04 Å². The van der Waals surface area contributed by atoms with E-state index in [0.717, 1.165) is 16.8 Å². The predicted octanol–water partition coefficient (Wildman–Crippen LogP) is 2.50. The maximum atomic E-state index is 12.3. The fraction of sp³-hybridized carbons (Fsp3) is 0.389. The molecule has 0 saturated heterocycles. The Kier molecular flexibility index (Phi) is 5.93. The van der Waals surface area contributed by atoms with Gasteiger partial charge in [0.2, 0.25) is 17.7 Å². The van der Waals surface area contributed by atoms with E-state index in [-0.39, 0.29) is 18.4 Å². The van der Waals surface area contributed by atoms with Crippen molar-refractivity contribution >= 4 is 23.4 Å². The Hall–Kier alpha value is -2.67. The summed E-state index contributed by atoms with van der Waals surface area (Å²) >= 11 is 0. The lowest BCUT2D eigenvalue weighted by atomic mass is 10.1. The van der Waals surface area contributed by atoms with Gasteiger partial charge in [0.25, 0.3) is 0 Å². The molecule has 2 amide bonds. The highest BCUT2D eigenvalue weighted by atomic mass is 16.5. The van der Waals surface area contributed by atoms with Crippen LogP contribution in [0.3, 0.4) is 0 Å². The summed E-state index contributed by atoms with van der Waals surface area (Å²) in [6.45, 7) is 7.48. The van der Waals surface area contributed by atoms with Crippen molar-refractivity contribution in [1.29, 1.82) is 0 Å². The number of aromatic nitrogens is 1. The van der Waals surface area contributed by atoms with Crippen LogP contribution in [0.25, 0.3) is 0 Å². The molecule has 0 saturated carbocycles. The van der Waals surface area contributed by atoms with E-state index in [9.17, 15) is 9.59 Å². The molecule has 2 N–H and O–H groups in total. The molecule has 1 unspecified atom stereocenters. The summed E-state index contributed by atoms with van der Waals surface area (Å²) in [5.74, 6) is -0.142. The van der Waals surface area contributed by atoms with E-state index in [1.165, 1.54) is 0 Å². The minimum Gasteiger partial charge on any atom is -0.338 e. The number of hydrogen-bond donors (Lipinski definition) is 2. The molecule has 25 heavy (non-hydrogen) atoms. The van der Waals surface area contributed by atoms with E-state index in [1.807, 2.05) is 32.0 Å². The Bertz CT molecular complexity index is 749. The molecule has 0 aliphatic rings. The van der Waals surface area contributed by atoms with Gasteiger partial charge in [0.15, 0.2) is 0 Å². The first-order valence-electron chi connectivity index (χ1n) is 8.08. The third-order valence-corrected chi connectivity index (χ3v) is 4.05. The molecular weight excluding hydrogens is 320 g/mol. The topological polar surface area (TPSA) is 87.5 Å². The molecule has 2 aromatic rings. The largest absolute Gasteiger partial charge is 0.338 e. The summed E-state index contributed by atoms with van der Waals surface area (Å²) in [6, 6.07) is 6.97. The number of aryl methyl sites for hydroxylation is 3. The highest BCUT2D eigenvalue weighted by Crippen LogP contribution is 2.19. The molecule has 1 aromatic carbocycles. The zero-order valence-electron chi connectivity index (χ0n) is 15.2. The number of anilines is 2. The molecule has 1 atom stereocenters. The van der Waals surface area contributed by atoms with Crippen molar-refractivity contribution in [2.24, 2.45) is 0 Å². The van der Waals surface area contributed by atoms with Crippen LogP contribution >= 0.6 is 0 Å². The van der Waals surface area contributed by atoms with Crippen molar-refractivity contribution in [2.45, 2.75) is 33.7 Å². The fourth-order valence-corrected chi connectivity index (χ4v) is 2.40. The number of carbonyl (C=O) groups is 2. The van der Waals surface area contributed by atoms with Crippen LogP contribution < -0.4 is 10.6 Å². The van der Waals surface area contributed by atoms with Crippen LogP contribution in [0.4, 0.5) is 11.6 Å². The number of nitrogens with one attached hydrogen (secondary N) is 2. The van der Waals surface area contributed by atoms with Gasteiger partial charge in [-0.1, -0.05) is 23.4 Å². The molecule has 0 fully saturated rings. The molecule has 1 heterocycles. The van der Waals surface area contributed by atoms with Crippen molar-refractivity contribution in [3.63, 3.8) is 0 Å². The Morgan fingerprint density at radius 2 is 1.84 bits per heavy atom. The second kappa shape index (κ2) is 7.94. The molecule has 7 heteroatoms. The molecular formula is C18H24N4O3. The maximum absolute atomic E-state index is 12.3. The standard InChI is InChI=1S/C18H24N4O3/c1-11-7-6-8-12(2)17(11)19-15(23)10-22(5)14(4)18(24)20-16-9-13(3)21-25-16/h6-9,14H,10H2,1-5H3,(H,19,23)(H,20,24). The van der Waals surface area contributed by atoms with Crippen molar-refractivity contribution in [3.05, 3.63) is 41.1 Å². The van der Waals surface area contributed by atoms with E-state index >= 15 is 0 Å². The summed E-state index contributed by atoms with van der Waals surface area (Å²) in [7, 11) is 1.72. The number of nitrogens with zero attached hydrogens (tertiary/aromatic N) is 2. The minimum absolute atomic E-state index is 0.0950. The minimum atomic E-state index is -0.505. The van der Waals surface area contributed by atoms with Crippen LogP contribution in [0.2, 0.25) is 0 Å². The lowest BCUT2D eigenvalue weighted by molar-refractivity contribution is -0.122. The smallest absolute Gasteiger partial charge is 0.243 e. The Labute approximate surface area is 147 Å². The average Bonchev–Trinajstić information content (AvgIpc) is 2.95. The van der Waals surface area contributed by atoms with Gasteiger partial charge in [-0.2, -0.15) is 0 Å². The molecule has 0 aliphatic heterocycles. The molecule has 0 spiro atoms. The maximum Gasteiger partial charge on any atom is 0.243 e. The van der Waals surface area contributed by atoms with Gasteiger partial charge in [-0.05, 0) is 45.9 Å². The first kappa shape index (κ1) is 18.7. The number of para-hydroxylation sites is 1. The third kappa shape index (κ3) is 4.90. The van der Waals surface area contributed by atoms with Gasteiger partial charge in [-0.3, -0.25) is 19.8 Å². The van der Waals surface area contributed by atoms with Gasteiger partial charge >= 0.3 is 0 Å². The summed E-state index contributed by atoms with van der Waals surface area (Å²) in [5.41, 5.74) is 3.50. The normalized spacial score (nSPS) is 12.1. The van der Waals surface area contributed by atoms with Crippen LogP contribution in [-0.2, 0) is 9.59 Å². The number of amides is 2. The summed E-state index contributed by atoms with van der Waals surface area (Å²) < 4.78 is 4.97. The van der Waals surface area contributed by atoms with E-state index in [0.29, 0.717) is 11.6 Å². The summed E-state index contributed by atoms with van der Waals surface area (Å²) in [4.78, 5) is 26.2. The summed E-state index contributed by atoms with van der Waals surface area (Å²) in [5, 5.41) is 9.28. The number of likely N-dealkylation sites (N-methyl/N-ethyl adjacent to an activating group) is 1. The number of benzene rings is 1. The van der Waals surface area contributed by atoms with Gasteiger partial charge in [-0.25, -0.2) is 0 Å². The highest BCUT2D eigenvalue weighted by Gasteiger charge is 2.21.